The molecule has 114 valence electrons. The molecule has 20 heavy (non-hydrogen) atoms. The second-order valence-electron chi connectivity index (χ2n) is 4.33. The van der Waals surface area contributed by atoms with E-state index in [1.165, 1.54) is 0 Å². The van der Waals surface area contributed by atoms with Crippen molar-refractivity contribution in [2.45, 2.75) is 12.7 Å². The lowest BCUT2D eigenvalue weighted by Gasteiger charge is -2.11. The van der Waals surface area contributed by atoms with Gasteiger partial charge in [0.2, 0.25) is 0 Å². The molecular weight excluding hydrogens is 297 g/mol. The first-order chi connectivity index (χ1) is 9.09. The minimum absolute atomic E-state index is 0.0342. The van der Waals surface area contributed by atoms with Gasteiger partial charge in [-0.2, -0.15) is 13.2 Å². The van der Waals surface area contributed by atoms with Gasteiger partial charge in [-0.25, -0.2) is 8.42 Å². The van der Waals surface area contributed by atoms with E-state index in [1.807, 2.05) is 0 Å². The van der Waals surface area contributed by atoms with Crippen molar-refractivity contribution in [1.29, 1.82) is 0 Å². The van der Waals surface area contributed by atoms with Crippen LogP contribution in [0.1, 0.15) is 5.56 Å². The van der Waals surface area contributed by atoms with Gasteiger partial charge in [0, 0.05) is 38.2 Å². The van der Waals surface area contributed by atoms with Crippen LogP contribution in [0.15, 0.2) is 23.1 Å². The Morgan fingerprint density at radius 3 is 2.45 bits per heavy atom. The standard InChI is InChI=1S/C11H15F3N2O3S/c1-20(18,19)7-5-15-4-6-16-8-9(11(12,13)14)2-3-10(16)17/h2-3,8,15H,4-7H2,1H3. The van der Waals surface area contributed by atoms with Crippen LogP contribution in [0.3, 0.4) is 0 Å². The number of rotatable bonds is 6. The van der Waals surface area contributed by atoms with Crippen molar-refractivity contribution in [2.75, 3.05) is 25.1 Å². The van der Waals surface area contributed by atoms with Gasteiger partial charge >= 0.3 is 6.18 Å². The van der Waals surface area contributed by atoms with Crippen LogP contribution in [-0.4, -0.2) is 38.1 Å². The number of hydrogen-bond acceptors (Lipinski definition) is 4. The van der Waals surface area contributed by atoms with Gasteiger partial charge in [0.1, 0.15) is 9.84 Å². The molecule has 0 aromatic carbocycles. The van der Waals surface area contributed by atoms with E-state index >= 15 is 0 Å². The molecule has 0 aliphatic heterocycles. The minimum atomic E-state index is -4.50. The Balaban J connectivity index is 2.58. The van der Waals surface area contributed by atoms with Crippen molar-refractivity contribution in [2.24, 2.45) is 0 Å². The van der Waals surface area contributed by atoms with Crippen LogP contribution in [0.5, 0.6) is 0 Å². The van der Waals surface area contributed by atoms with Gasteiger partial charge in [-0.15, -0.1) is 0 Å². The number of halogens is 3. The summed E-state index contributed by atoms with van der Waals surface area (Å²) in [5.41, 5.74) is -1.43. The van der Waals surface area contributed by atoms with E-state index in [0.717, 1.165) is 29.2 Å². The molecule has 0 unspecified atom stereocenters. The van der Waals surface area contributed by atoms with Crippen molar-refractivity contribution >= 4 is 9.84 Å². The van der Waals surface area contributed by atoms with Crippen LogP contribution in [-0.2, 0) is 22.6 Å². The van der Waals surface area contributed by atoms with Crippen molar-refractivity contribution in [1.82, 2.24) is 9.88 Å². The predicted octanol–water partition coefficient (Wildman–Crippen LogP) is 0.501. The molecule has 0 saturated heterocycles. The van der Waals surface area contributed by atoms with Gasteiger partial charge < -0.3 is 9.88 Å². The molecule has 0 atom stereocenters. The first-order valence-electron chi connectivity index (χ1n) is 5.76. The second kappa shape index (κ2) is 6.40. The Morgan fingerprint density at radius 2 is 1.90 bits per heavy atom. The average molecular weight is 312 g/mol. The van der Waals surface area contributed by atoms with E-state index in [9.17, 15) is 26.4 Å². The third kappa shape index (κ3) is 5.74. The van der Waals surface area contributed by atoms with E-state index in [2.05, 4.69) is 5.32 Å². The molecule has 0 saturated carbocycles. The van der Waals surface area contributed by atoms with E-state index in [0.29, 0.717) is 0 Å². The van der Waals surface area contributed by atoms with E-state index < -0.39 is 27.1 Å². The highest BCUT2D eigenvalue weighted by molar-refractivity contribution is 7.90. The number of alkyl halides is 3. The summed E-state index contributed by atoms with van der Waals surface area (Å²) in [7, 11) is -3.08. The maximum Gasteiger partial charge on any atom is 0.417 e. The van der Waals surface area contributed by atoms with Crippen LogP contribution < -0.4 is 10.9 Å². The quantitative estimate of drug-likeness (QED) is 0.777. The number of sulfone groups is 1. The van der Waals surface area contributed by atoms with Gasteiger partial charge in [0.05, 0.1) is 11.3 Å². The zero-order valence-corrected chi connectivity index (χ0v) is 11.6. The highest BCUT2D eigenvalue weighted by Gasteiger charge is 2.30. The van der Waals surface area contributed by atoms with Crippen LogP contribution in [0.4, 0.5) is 13.2 Å². The van der Waals surface area contributed by atoms with Crippen LogP contribution >= 0.6 is 0 Å². The number of aromatic nitrogens is 1. The summed E-state index contributed by atoms with van der Waals surface area (Å²) in [5, 5.41) is 2.76. The maximum absolute atomic E-state index is 12.5. The lowest BCUT2D eigenvalue weighted by Crippen LogP contribution is -2.30. The number of hydrogen-bond donors (Lipinski definition) is 1. The van der Waals surface area contributed by atoms with E-state index in [-0.39, 0.29) is 25.4 Å². The van der Waals surface area contributed by atoms with E-state index in [1.54, 1.807) is 0 Å². The average Bonchev–Trinajstić information content (AvgIpc) is 2.28. The highest BCUT2D eigenvalue weighted by Crippen LogP contribution is 2.27. The number of nitrogens with one attached hydrogen (secondary N) is 1. The van der Waals surface area contributed by atoms with Crippen molar-refractivity contribution < 1.29 is 21.6 Å². The van der Waals surface area contributed by atoms with Crippen molar-refractivity contribution in [3.8, 4) is 0 Å². The smallest absolute Gasteiger partial charge is 0.314 e. The summed E-state index contributed by atoms with van der Waals surface area (Å²) in [4.78, 5) is 11.4. The second-order valence-corrected chi connectivity index (χ2v) is 6.59. The fourth-order valence-electron chi connectivity index (χ4n) is 1.46. The number of nitrogens with zero attached hydrogens (tertiary/aromatic N) is 1. The Labute approximate surface area is 114 Å². The summed E-state index contributed by atoms with van der Waals surface area (Å²) < 4.78 is 60.1. The van der Waals surface area contributed by atoms with Crippen molar-refractivity contribution in [3.63, 3.8) is 0 Å². The Morgan fingerprint density at radius 1 is 1.25 bits per heavy atom. The van der Waals surface area contributed by atoms with E-state index in [4.69, 9.17) is 0 Å². The van der Waals surface area contributed by atoms with Crippen LogP contribution in [0.2, 0.25) is 0 Å². The Kier molecular flexibility index (Phi) is 5.35. The molecule has 0 radical (unpaired) electrons. The largest absolute Gasteiger partial charge is 0.417 e. The Hall–Kier alpha value is -1.35. The molecule has 1 heterocycles. The van der Waals surface area contributed by atoms with Gasteiger partial charge in [-0.05, 0) is 6.07 Å². The van der Waals surface area contributed by atoms with Crippen LogP contribution in [0.25, 0.3) is 0 Å². The summed E-state index contributed by atoms with van der Waals surface area (Å²) in [6.45, 7) is 0.426. The molecule has 5 nitrogen and oxygen atoms in total. The monoisotopic (exact) mass is 312 g/mol. The van der Waals surface area contributed by atoms with Crippen molar-refractivity contribution in [3.05, 3.63) is 34.2 Å². The molecule has 9 heteroatoms. The molecule has 0 amide bonds. The molecular formula is C11H15F3N2O3S. The fraction of sp³-hybridized carbons (Fsp3) is 0.545. The molecule has 0 bridgehead atoms. The maximum atomic E-state index is 12.5. The first-order valence-corrected chi connectivity index (χ1v) is 7.82. The molecule has 0 fully saturated rings. The normalized spacial score (nSPS) is 12.6. The molecule has 0 aliphatic rings. The van der Waals surface area contributed by atoms with Gasteiger partial charge in [-0.3, -0.25) is 4.79 Å². The van der Waals surface area contributed by atoms with Gasteiger partial charge in [0.25, 0.3) is 5.56 Å². The third-order valence-electron chi connectivity index (χ3n) is 2.49. The van der Waals surface area contributed by atoms with Gasteiger partial charge in [-0.1, -0.05) is 0 Å². The first kappa shape index (κ1) is 16.7. The third-order valence-corrected chi connectivity index (χ3v) is 3.44. The topological polar surface area (TPSA) is 68.2 Å². The summed E-state index contributed by atoms with van der Waals surface area (Å²) in [6, 6.07) is 1.59. The lowest BCUT2D eigenvalue weighted by molar-refractivity contribution is -0.138. The SMILES string of the molecule is CS(=O)(=O)CCNCCn1cc(C(F)(F)F)ccc1=O. The van der Waals surface area contributed by atoms with Crippen LogP contribution in [0, 0.1) is 0 Å². The molecule has 0 aliphatic carbocycles. The predicted molar refractivity (Wildman–Crippen MR) is 68.3 cm³/mol. The molecule has 1 aromatic heterocycles. The fourth-order valence-corrected chi connectivity index (χ4v) is 1.97. The lowest BCUT2D eigenvalue weighted by atomic mass is 10.3. The molecule has 1 N–H and O–H groups in total. The molecule has 1 aromatic rings. The Bertz CT molecular complexity index is 608. The molecule has 0 spiro atoms. The summed E-state index contributed by atoms with van der Waals surface area (Å²) >= 11 is 0. The number of pyridine rings is 1. The minimum Gasteiger partial charge on any atom is -0.314 e. The highest BCUT2D eigenvalue weighted by atomic mass is 32.2. The van der Waals surface area contributed by atoms with Gasteiger partial charge in [0.15, 0.2) is 0 Å². The summed E-state index contributed by atoms with van der Waals surface area (Å²) in [6.07, 6.45) is -2.66. The summed E-state index contributed by atoms with van der Waals surface area (Å²) in [5.74, 6) is -0.0650. The zero-order chi connectivity index (χ0) is 15.4. The zero-order valence-electron chi connectivity index (χ0n) is 10.8. The molecule has 1 rings (SSSR count).